The van der Waals surface area contributed by atoms with Crippen molar-refractivity contribution in [2.45, 2.75) is 18.8 Å². The van der Waals surface area contributed by atoms with Crippen molar-refractivity contribution in [2.24, 2.45) is 0 Å². The van der Waals surface area contributed by atoms with Gasteiger partial charge in [-0.15, -0.1) is 0 Å². The van der Waals surface area contributed by atoms with E-state index in [1.807, 2.05) is 24.3 Å². The van der Waals surface area contributed by atoms with E-state index in [0.29, 0.717) is 18.1 Å². The van der Waals surface area contributed by atoms with E-state index in [1.54, 1.807) is 12.1 Å². The third kappa shape index (κ3) is 3.46. The topological polar surface area (TPSA) is 20.3 Å². The van der Waals surface area contributed by atoms with Gasteiger partial charge >= 0.3 is 0 Å². The van der Waals surface area contributed by atoms with E-state index in [1.165, 1.54) is 12.1 Å². The number of likely N-dealkylation sites (tertiary alicyclic amines) is 1. The molecule has 1 heterocycles. The summed E-state index contributed by atoms with van der Waals surface area (Å²) in [4.78, 5) is 15.3. The van der Waals surface area contributed by atoms with E-state index in [-0.39, 0.29) is 23.4 Å². The van der Waals surface area contributed by atoms with Gasteiger partial charge in [0, 0.05) is 18.1 Å². The number of likely N-dealkylation sites (N-methyl/N-ethyl adjacent to an activating group) is 1. The monoisotopic (exact) mass is 331 g/mol. The number of rotatable bonds is 3. The van der Waals surface area contributed by atoms with Crippen molar-refractivity contribution < 1.29 is 9.18 Å². The summed E-state index contributed by atoms with van der Waals surface area (Å²) in [5.41, 5.74) is 1.68. The number of Topliss-reactive ketones (excluding diaryl/α,β-unsaturated/α-hetero) is 1. The minimum Gasteiger partial charge on any atom is -0.302 e. The van der Waals surface area contributed by atoms with Crippen molar-refractivity contribution in [3.63, 3.8) is 0 Å². The average Bonchev–Trinajstić information content (AvgIpc) is 2.55. The van der Waals surface area contributed by atoms with Crippen molar-refractivity contribution in [2.75, 3.05) is 19.6 Å². The molecular weight excluding hydrogens is 313 g/mol. The second kappa shape index (κ2) is 6.81. The summed E-state index contributed by atoms with van der Waals surface area (Å²) in [5.74, 6) is -0.690. The first-order chi connectivity index (χ1) is 11.1. The lowest BCUT2D eigenvalue weighted by Crippen LogP contribution is -2.44. The van der Waals surface area contributed by atoms with Crippen LogP contribution >= 0.6 is 11.6 Å². The number of hydrogen-bond acceptors (Lipinski definition) is 2. The summed E-state index contributed by atoms with van der Waals surface area (Å²) in [7, 11) is 0. The van der Waals surface area contributed by atoms with Gasteiger partial charge in [0.25, 0.3) is 0 Å². The second-order valence-corrected chi connectivity index (χ2v) is 6.41. The maximum atomic E-state index is 13.6. The number of carbonyl (C=O) groups excluding carboxylic acids is 1. The van der Waals surface area contributed by atoms with Crippen LogP contribution in [0.3, 0.4) is 0 Å². The van der Waals surface area contributed by atoms with E-state index in [2.05, 4.69) is 11.8 Å². The van der Waals surface area contributed by atoms with Gasteiger partial charge in [-0.1, -0.05) is 42.8 Å². The predicted molar refractivity (Wildman–Crippen MR) is 90.5 cm³/mol. The molecule has 0 saturated carbocycles. The Labute approximate surface area is 140 Å². The molecule has 2 unspecified atom stereocenters. The SMILES string of the molecule is CCN1CC(c2cccc(F)c2)C(=O)C(c2cccc(Cl)c2)C1. The molecule has 4 heteroatoms. The number of carbonyl (C=O) groups is 1. The number of ketones is 1. The van der Waals surface area contributed by atoms with Crippen molar-refractivity contribution in [1.29, 1.82) is 0 Å². The zero-order valence-corrected chi connectivity index (χ0v) is 13.8. The Bertz CT molecular complexity index is 661. The van der Waals surface area contributed by atoms with Crippen LogP contribution in [0.25, 0.3) is 0 Å². The molecule has 0 aromatic heterocycles. The van der Waals surface area contributed by atoms with Crippen LogP contribution in [0.1, 0.15) is 29.9 Å². The Kier molecular flexibility index (Phi) is 4.79. The van der Waals surface area contributed by atoms with Gasteiger partial charge in [-0.3, -0.25) is 4.79 Å². The minimum absolute atomic E-state index is 0.141. The molecule has 0 amide bonds. The van der Waals surface area contributed by atoms with Gasteiger partial charge in [0.2, 0.25) is 0 Å². The molecule has 2 nitrogen and oxygen atoms in total. The van der Waals surface area contributed by atoms with Crippen LogP contribution in [-0.2, 0) is 4.79 Å². The van der Waals surface area contributed by atoms with E-state index in [9.17, 15) is 9.18 Å². The molecule has 0 spiro atoms. The predicted octanol–water partition coefficient (Wildman–Crippen LogP) is 4.25. The number of nitrogens with zero attached hydrogens (tertiary/aromatic N) is 1. The van der Waals surface area contributed by atoms with E-state index in [0.717, 1.165) is 17.7 Å². The van der Waals surface area contributed by atoms with E-state index in [4.69, 9.17) is 11.6 Å². The molecule has 120 valence electrons. The number of benzene rings is 2. The highest BCUT2D eigenvalue weighted by Gasteiger charge is 2.36. The molecule has 2 aromatic rings. The molecule has 1 fully saturated rings. The van der Waals surface area contributed by atoms with Gasteiger partial charge in [0.1, 0.15) is 11.6 Å². The summed E-state index contributed by atoms with van der Waals surface area (Å²) in [6.45, 7) is 4.25. The first kappa shape index (κ1) is 16.2. The quantitative estimate of drug-likeness (QED) is 0.838. The lowest BCUT2D eigenvalue weighted by atomic mass is 9.80. The zero-order valence-electron chi connectivity index (χ0n) is 13.0. The smallest absolute Gasteiger partial charge is 0.150 e. The fourth-order valence-corrected chi connectivity index (χ4v) is 3.46. The van der Waals surface area contributed by atoms with Gasteiger partial charge in [0.15, 0.2) is 0 Å². The van der Waals surface area contributed by atoms with Crippen molar-refractivity contribution >= 4 is 17.4 Å². The summed E-state index contributed by atoms with van der Waals surface area (Å²) in [6.07, 6.45) is 0. The van der Waals surface area contributed by atoms with Crippen LogP contribution < -0.4 is 0 Å². The Hall–Kier alpha value is -1.71. The van der Waals surface area contributed by atoms with Crippen molar-refractivity contribution in [3.05, 3.63) is 70.5 Å². The standard InChI is InChI=1S/C19H19ClFNO/c1-2-22-11-17(13-5-3-7-15(20)9-13)19(23)18(12-22)14-6-4-8-16(21)10-14/h3-10,17-18H,2,11-12H2,1H3. The zero-order chi connectivity index (χ0) is 16.4. The Morgan fingerprint density at radius 1 is 1.09 bits per heavy atom. The molecule has 23 heavy (non-hydrogen) atoms. The fraction of sp³-hybridized carbons (Fsp3) is 0.316. The molecule has 1 saturated heterocycles. The highest BCUT2D eigenvalue weighted by molar-refractivity contribution is 6.30. The maximum Gasteiger partial charge on any atom is 0.150 e. The third-order valence-corrected chi connectivity index (χ3v) is 4.75. The first-order valence-electron chi connectivity index (χ1n) is 7.85. The van der Waals surface area contributed by atoms with Gasteiger partial charge < -0.3 is 4.90 Å². The van der Waals surface area contributed by atoms with Crippen LogP contribution in [0.5, 0.6) is 0 Å². The molecule has 2 atom stereocenters. The summed E-state index contributed by atoms with van der Waals surface area (Å²) >= 11 is 6.08. The number of halogens is 2. The number of piperidine rings is 1. The molecular formula is C19H19ClFNO. The molecule has 0 bridgehead atoms. The molecule has 1 aliphatic rings. The maximum absolute atomic E-state index is 13.6. The largest absolute Gasteiger partial charge is 0.302 e. The van der Waals surface area contributed by atoms with Gasteiger partial charge in [-0.2, -0.15) is 0 Å². The first-order valence-corrected chi connectivity index (χ1v) is 8.23. The van der Waals surface area contributed by atoms with E-state index < -0.39 is 0 Å². The Balaban J connectivity index is 1.96. The van der Waals surface area contributed by atoms with Crippen molar-refractivity contribution in [1.82, 2.24) is 4.90 Å². The van der Waals surface area contributed by atoms with E-state index >= 15 is 0 Å². The van der Waals surface area contributed by atoms with Crippen LogP contribution in [0.4, 0.5) is 4.39 Å². The third-order valence-electron chi connectivity index (χ3n) is 4.52. The summed E-state index contributed by atoms with van der Waals surface area (Å²) < 4.78 is 13.6. The molecule has 3 rings (SSSR count). The Morgan fingerprint density at radius 2 is 1.70 bits per heavy atom. The summed E-state index contributed by atoms with van der Waals surface area (Å²) in [6, 6.07) is 13.8. The summed E-state index contributed by atoms with van der Waals surface area (Å²) in [5, 5.41) is 0.631. The highest BCUT2D eigenvalue weighted by atomic mass is 35.5. The van der Waals surface area contributed by atoms with Crippen LogP contribution in [0, 0.1) is 5.82 Å². The lowest BCUT2D eigenvalue weighted by Gasteiger charge is -2.36. The van der Waals surface area contributed by atoms with Crippen LogP contribution in [0.15, 0.2) is 48.5 Å². The van der Waals surface area contributed by atoms with Gasteiger partial charge in [-0.25, -0.2) is 4.39 Å². The second-order valence-electron chi connectivity index (χ2n) is 5.97. The highest BCUT2D eigenvalue weighted by Crippen LogP contribution is 2.33. The molecule has 0 radical (unpaired) electrons. The number of hydrogen-bond donors (Lipinski definition) is 0. The lowest BCUT2D eigenvalue weighted by molar-refractivity contribution is -0.125. The van der Waals surface area contributed by atoms with Crippen molar-refractivity contribution in [3.8, 4) is 0 Å². The molecule has 0 N–H and O–H groups in total. The van der Waals surface area contributed by atoms with Crippen LogP contribution in [-0.4, -0.2) is 30.3 Å². The van der Waals surface area contributed by atoms with Gasteiger partial charge in [-0.05, 0) is 41.9 Å². The molecule has 2 aromatic carbocycles. The molecule has 0 aliphatic carbocycles. The molecule has 1 aliphatic heterocycles. The van der Waals surface area contributed by atoms with Gasteiger partial charge in [0.05, 0.1) is 11.8 Å². The average molecular weight is 332 g/mol. The fourth-order valence-electron chi connectivity index (χ4n) is 3.26. The van der Waals surface area contributed by atoms with Crippen LogP contribution in [0.2, 0.25) is 5.02 Å². The normalized spacial score (nSPS) is 22.3. The Morgan fingerprint density at radius 3 is 2.26 bits per heavy atom. The minimum atomic E-state index is -0.303.